The molecule has 1 radical (unpaired) electrons. The summed E-state index contributed by atoms with van der Waals surface area (Å²) in [5.41, 5.74) is 1.89. The Hall–Kier alpha value is -1.48. The molecule has 2 nitrogen and oxygen atoms in total. The summed E-state index contributed by atoms with van der Waals surface area (Å²) < 4.78 is 0. The van der Waals surface area contributed by atoms with E-state index < -0.39 is 7.92 Å². The van der Waals surface area contributed by atoms with Gasteiger partial charge in [-0.1, -0.05) is 59.4 Å². The first kappa shape index (κ1) is 18.5. The van der Waals surface area contributed by atoms with E-state index in [1.165, 1.54) is 35.5 Å². The summed E-state index contributed by atoms with van der Waals surface area (Å²) in [6, 6.07) is 23.6. The van der Waals surface area contributed by atoms with Crippen LogP contribution in [0.15, 0.2) is 92.8 Å². The summed E-state index contributed by atoms with van der Waals surface area (Å²) in [7, 11) is -0.541. The molecule has 2 aliphatic rings. The summed E-state index contributed by atoms with van der Waals surface area (Å²) in [5.74, 6) is 0. The SMILES string of the molecule is [Ir].[c-]1c(-c2cnccn2)cc2c3c1Sc1ccccc1P3c1ccccc1S2. The van der Waals surface area contributed by atoms with E-state index in [0.717, 1.165) is 11.3 Å². The predicted molar refractivity (Wildman–Crippen MR) is 113 cm³/mol. The van der Waals surface area contributed by atoms with E-state index in [2.05, 4.69) is 70.6 Å². The fourth-order valence-corrected chi connectivity index (χ4v) is 9.42. The summed E-state index contributed by atoms with van der Waals surface area (Å²) in [5, 5.41) is 4.37. The molecule has 3 aromatic carbocycles. The van der Waals surface area contributed by atoms with Crippen LogP contribution in [0.25, 0.3) is 11.3 Å². The van der Waals surface area contributed by atoms with Crippen molar-refractivity contribution in [1.29, 1.82) is 0 Å². The molecule has 4 aromatic rings. The van der Waals surface area contributed by atoms with Gasteiger partial charge in [0.25, 0.3) is 0 Å². The van der Waals surface area contributed by atoms with Gasteiger partial charge in [-0.05, 0) is 22.7 Å². The molecule has 1 atom stereocenters. The van der Waals surface area contributed by atoms with Gasteiger partial charge in [-0.3, -0.25) is 4.98 Å². The van der Waals surface area contributed by atoms with Crippen molar-refractivity contribution in [2.45, 2.75) is 19.6 Å². The molecular weight excluding hydrogens is 580 g/mol. The van der Waals surface area contributed by atoms with Gasteiger partial charge in [0.2, 0.25) is 0 Å². The number of rotatable bonds is 1. The smallest absolute Gasteiger partial charge is 0.0432 e. The normalized spacial score (nSPS) is 15.6. The van der Waals surface area contributed by atoms with Gasteiger partial charge >= 0.3 is 0 Å². The molecule has 28 heavy (non-hydrogen) atoms. The molecule has 0 aliphatic carbocycles. The maximum atomic E-state index is 4.49. The van der Waals surface area contributed by atoms with Crippen molar-refractivity contribution in [2.75, 3.05) is 0 Å². The Morgan fingerprint density at radius 1 is 0.821 bits per heavy atom. The molecule has 0 saturated heterocycles. The van der Waals surface area contributed by atoms with Gasteiger partial charge in [-0.2, -0.15) is 0 Å². The topological polar surface area (TPSA) is 25.8 Å². The Kier molecular flexibility index (Phi) is 4.90. The van der Waals surface area contributed by atoms with Crippen LogP contribution in [-0.4, -0.2) is 9.97 Å². The number of hydrogen-bond acceptors (Lipinski definition) is 4. The number of hydrogen-bond donors (Lipinski definition) is 0. The molecule has 0 N–H and O–H groups in total. The van der Waals surface area contributed by atoms with Crippen LogP contribution >= 0.6 is 31.4 Å². The predicted octanol–water partition coefficient (Wildman–Crippen LogP) is 4.63. The van der Waals surface area contributed by atoms with Crippen LogP contribution in [-0.2, 0) is 20.1 Å². The monoisotopic (exact) mass is 592 g/mol. The number of nitrogens with zero attached hydrogens (tertiary/aromatic N) is 2. The van der Waals surface area contributed by atoms with Gasteiger partial charge in [0.15, 0.2) is 0 Å². The Morgan fingerprint density at radius 2 is 1.54 bits per heavy atom. The fraction of sp³-hybridized carbons (Fsp3) is 0. The molecule has 0 saturated carbocycles. The molecule has 0 fully saturated rings. The first-order valence-corrected chi connectivity index (χ1v) is 11.6. The van der Waals surface area contributed by atoms with Crippen molar-refractivity contribution < 1.29 is 20.1 Å². The van der Waals surface area contributed by atoms with Gasteiger partial charge < -0.3 is 4.98 Å². The molecule has 2 aliphatic heterocycles. The zero-order valence-electron chi connectivity index (χ0n) is 14.4. The van der Waals surface area contributed by atoms with Gasteiger partial charge in [0.05, 0.1) is 0 Å². The standard InChI is InChI=1S/C22H12N2PS2.Ir/c1-3-7-18-16(5-1)25-17-6-2-4-8-19(17)27-21-12-14(11-20(26-18)22(21)25)15-13-23-9-10-24-15;/h1-11,13H;/q-1;. The Balaban J connectivity index is 0.00000171. The van der Waals surface area contributed by atoms with Crippen LogP contribution in [0.3, 0.4) is 0 Å². The molecule has 0 spiro atoms. The van der Waals surface area contributed by atoms with E-state index in [-0.39, 0.29) is 20.1 Å². The molecule has 6 heteroatoms. The fourth-order valence-electron chi connectivity index (χ4n) is 3.52. The molecule has 3 heterocycles. The third-order valence-corrected chi connectivity index (χ3v) is 10.1. The van der Waals surface area contributed by atoms with Crippen LogP contribution < -0.4 is 15.9 Å². The molecule has 6 rings (SSSR count). The number of aromatic nitrogens is 2. The number of benzene rings is 3. The van der Waals surface area contributed by atoms with E-state index in [0.29, 0.717) is 0 Å². The largest absolute Gasteiger partial charge is 0.302 e. The second-order valence-corrected chi connectivity index (χ2v) is 10.5. The van der Waals surface area contributed by atoms with Gasteiger partial charge in [0, 0.05) is 54.2 Å². The van der Waals surface area contributed by atoms with Crippen molar-refractivity contribution >= 4 is 47.4 Å². The summed E-state index contributed by atoms with van der Waals surface area (Å²) >= 11 is 3.70. The van der Waals surface area contributed by atoms with Crippen molar-refractivity contribution in [2.24, 2.45) is 0 Å². The van der Waals surface area contributed by atoms with Crippen LogP contribution in [0.2, 0.25) is 0 Å². The molecule has 0 bridgehead atoms. The zero-order chi connectivity index (χ0) is 17.8. The van der Waals surface area contributed by atoms with Crippen LogP contribution in [0, 0.1) is 6.07 Å². The van der Waals surface area contributed by atoms with Crippen molar-refractivity contribution in [1.82, 2.24) is 9.97 Å². The molecule has 1 unspecified atom stereocenters. The first-order chi connectivity index (χ1) is 13.4. The van der Waals surface area contributed by atoms with E-state index in [1.807, 2.05) is 29.7 Å². The Morgan fingerprint density at radius 3 is 2.25 bits per heavy atom. The maximum absolute atomic E-state index is 4.49. The average molecular weight is 592 g/mol. The summed E-state index contributed by atoms with van der Waals surface area (Å²) in [6.07, 6.45) is 5.27. The van der Waals surface area contributed by atoms with Crippen molar-refractivity contribution in [3.8, 4) is 11.3 Å². The average Bonchev–Trinajstić information content (AvgIpc) is 2.74. The van der Waals surface area contributed by atoms with Gasteiger partial charge in [-0.25, -0.2) is 0 Å². The van der Waals surface area contributed by atoms with Crippen LogP contribution in [0.5, 0.6) is 0 Å². The van der Waals surface area contributed by atoms with Gasteiger partial charge in [-0.15, -0.1) is 41.2 Å². The third kappa shape index (κ3) is 2.89. The minimum atomic E-state index is -0.541. The Labute approximate surface area is 186 Å². The second-order valence-electron chi connectivity index (χ2n) is 6.29. The van der Waals surface area contributed by atoms with Crippen molar-refractivity contribution in [3.63, 3.8) is 0 Å². The molecular formula is C22H12IrN2PS2-. The molecule has 0 amide bonds. The molecule has 137 valence electrons. The first-order valence-electron chi connectivity index (χ1n) is 8.59. The van der Waals surface area contributed by atoms with E-state index in [1.54, 1.807) is 12.4 Å². The zero-order valence-corrected chi connectivity index (χ0v) is 19.3. The molecule has 1 aromatic heterocycles. The summed E-state index contributed by atoms with van der Waals surface area (Å²) in [4.78, 5) is 14.0. The quantitative estimate of drug-likeness (QED) is 0.206. The van der Waals surface area contributed by atoms with Crippen LogP contribution in [0.4, 0.5) is 0 Å². The third-order valence-electron chi connectivity index (χ3n) is 4.68. The number of fused-ring (bicyclic) bond motifs is 4. The van der Waals surface area contributed by atoms with Crippen molar-refractivity contribution in [3.05, 3.63) is 79.3 Å². The minimum Gasteiger partial charge on any atom is -0.302 e. The Bertz CT molecular complexity index is 1130. The van der Waals surface area contributed by atoms with E-state index in [4.69, 9.17) is 0 Å². The maximum Gasteiger partial charge on any atom is 0.0432 e. The van der Waals surface area contributed by atoms with Gasteiger partial charge in [0.1, 0.15) is 0 Å². The minimum absolute atomic E-state index is 0. The summed E-state index contributed by atoms with van der Waals surface area (Å²) in [6.45, 7) is 0. The van der Waals surface area contributed by atoms with E-state index >= 15 is 0 Å². The second kappa shape index (κ2) is 7.40. The van der Waals surface area contributed by atoms with E-state index in [9.17, 15) is 0 Å². The van der Waals surface area contributed by atoms with Crippen LogP contribution in [0.1, 0.15) is 0 Å².